The normalized spacial score (nSPS) is 11.1. The zero-order chi connectivity index (χ0) is 15.2. The number of nitrogens with one attached hydrogen (secondary N) is 1. The molecule has 0 bridgehead atoms. The van der Waals surface area contributed by atoms with Crippen LogP contribution in [0.5, 0.6) is 5.75 Å². The maximum absolute atomic E-state index is 13.0. The van der Waals surface area contributed by atoms with Crippen LogP contribution in [0.1, 0.15) is 25.2 Å². The van der Waals surface area contributed by atoms with Crippen LogP contribution in [0.2, 0.25) is 5.02 Å². The lowest BCUT2D eigenvalue weighted by Gasteiger charge is -2.09. The molecule has 0 spiro atoms. The van der Waals surface area contributed by atoms with Crippen LogP contribution in [0.25, 0.3) is 0 Å². The van der Waals surface area contributed by atoms with Gasteiger partial charge in [0, 0.05) is 12.1 Å². The van der Waals surface area contributed by atoms with Crippen LogP contribution < -0.4 is 10.1 Å². The van der Waals surface area contributed by atoms with Gasteiger partial charge in [0.2, 0.25) is 0 Å². The highest BCUT2D eigenvalue weighted by Gasteiger charge is 2.09. The molecule has 0 saturated heterocycles. The maximum atomic E-state index is 13.0. The van der Waals surface area contributed by atoms with Crippen LogP contribution in [0.4, 0.5) is 4.39 Å². The van der Waals surface area contributed by atoms with E-state index in [2.05, 4.69) is 19.2 Å². The fraction of sp³-hybridized carbons (Fsp3) is 0.375. The Hall–Kier alpha value is -1.52. The predicted molar refractivity (Wildman–Crippen MR) is 81.0 cm³/mol. The third-order valence-electron chi connectivity index (χ3n) is 2.96. The van der Waals surface area contributed by atoms with Crippen LogP contribution in [-0.4, -0.2) is 6.54 Å². The van der Waals surface area contributed by atoms with E-state index < -0.39 is 0 Å². The van der Waals surface area contributed by atoms with Gasteiger partial charge in [-0.3, -0.25) is 0 Å². The summed E-state index contributed by atoms with van der Waals surface area (Å²) >= 11 is 5.92. The van der Waals surface area contributed by atoms with Gasteiger partial charge in [-0.1, -0.05) is 25.4 Å². The van der Waals surface area contributed by atoms with Crippen molar-refractivity contribution >= 4 is 11.6 Å². The molecule has 5 heteroatoms. The van der Waals surface area contributed by atoms with E-state index in [1.165, 1.54) is 18.2 Å². The number of rotatable bonds is 7. The average Bonchev–Trinajstić information content (AvgIpc) is 2.85. The summed E-state index contributed by atoms with van der Waals surface area (Å²) < 4.78 is 24.0. The molecule has 0 radical (unpaired) electrons. The largest absolute Gasteiger partial charge is 0.484 e. The molecule has 0 aliphatic carbocycles. The highest BCUT2D eigenvalue weighted by Crippen LogP contribution is 2.26. The number of hydrogen-bond donors (Lipinski definition) is 1. The predicted octanol–water partition coefficient (Wildman–Crippen LogP) is 4.40. The molecule has 2 rings (SSSR count). The molecule has 0 aliphatic heterocycles. The number of hydrogen-bond acceptors (Lipinski definition) is 3. The Morgan fingerprint density at radius 1 is 1.33 bits per heavy atom. The molecule has 0 aliphatic rings. The molecule has 3 nitrogen and oxygen atoms in total. The van der Waals surface area contributed by atoms with Crippen molar-refractivity contribution in [2.24, 2.45) is 5.92 Å². The van der Waals surface area contributed by atoms with E-state index in [9.17, 15) is 4.39 Å². The molecule has 21 heavy (non-hydrogen) atoms. The molecule has 0 amide bonds. The first kappa shape index (κ1) is 15.9. The smallest absolute Gasteiger partial charge is 0.146 e. The number of ether oxygens (including phenoxy) is 1. The number of furan rings is 1. The summed E-state index contributed by atoms with van der Waals surface area (Å²) in [6.45, 7) is 6.24. The van der Waals surface area contributed by atoms with Crippen LogP contribution in [0.15, 0.2) is 34.9 Å². The second-order valence-corrected chi connectivity index (χ2v) is 5.66. The van der Waals surface area contributed by atoms with Crippen molar-refractivity contribution in [2.75, 3.05) is 6.54 Å². The fourth-order valence-corrected chi connectivity index (χ4v) is 2.10. The molecule has 0 saturated carbocycles. The second kappa shape index (κ2) is 7.48. The summed E-state index contributed by atoms with van der Waals surface area (Å²) in [7, 11) is 0. The first-order valence-electron chi connectivity index (χ1n) is 6.90. The van der Waals surface area contributed by atoms with E-state index in [0.717, 1.165) is 24.4 Å². The summed E-state index contributed by atoms with van der Waals surface area (Å²) in [4.78, 5) is 0. The van der Waals surface area contributed by atoms with Crippen LogP contribution in [-0.2, 0) is 13.2 Å². The first-order valence-corrected chi connectivity index (χ1v) is 7.28. The Balaban J connectivity index is 1.92. The monoisotopic (exact) mass is 311 g/mol. The summed E-state index contributed by atoms with van der Waals surface area (Å²) in [6.07, 6.45) is 1.64. The molecule has 0 fully saturated rings. The Morgan fingerprint density at radius 3 is 2.86 bits per heavy atom. The third kappa shape index (κ3) is 4.76. The van der Waals surface area contributed by atoms with Crippen molar-refractivity contribution in [3.05, 3.63) is 52.7 Å². The Kier molecular flexibility index (Phi) is 5.65. The molecule has 0 unspecified atom stereocenters. The number of halogens is 2. The van der Waals surface area contributed by atoms with Gasteiger partial charge in [-0.2, -0.15) is 0 Å². The van der Waals surface area contributed by atoms with Gasteiger partial charge in [0.1, 0.15) is 23.9 Å². The highest BCUT2D eigenvalue weighted by atomic mass is 35.5. The van der Waals surface area contributed by atoms with Crippen molar-refractivity contribution < 1.29 is 13.5 Å². The molecule has 1 N–H and O–H groups in total. The number of benzene rings is 1. The van der Waals surface area contributed by atoms with Gasteiger partial charge in [0.05, 0.1) is 11.3 Å². The van der Waals surface area contributed by atoms with Gasteiger partial charge >= 0.3 is 0 Å². The van der Waals surface area contributed by atoms with Crippen LogP contribution >= 0.6 is 11.6 Å². The van der Waals surface area contributed by atoms with E-state index >= 15 is 0 Å². The standard InChI is InChI=1S/C16H19ClFNO2/c1-11(2)8-19-9-12-5-6-20-16(12)10-21-15-4-3-13(18)7-14(15)17/h3-7,11,19H,8-10H2,1-2H3. The SMILES string of the molecule is CC(C)CNCc1ccoc1COc1ccc(F)cc1Cl. The summed E-state index contributed by atoms with van der Waals surface area (Å²) in [6, 6.07) is 5.97. The molecule has 114 valence electrons. The highest BCUT2D eigenvalue weighted by molar-refractivity contribution is 6.32. The van der Waals surface area contributed by atoms with Crippen molar-refractivity contribution in [1.82, 2.24) is 5.32 Å². The molecule has 1 aromatic carbocycles. The lowest BCUT2D eigenvalue weighted by Crippen LogP contribution is -2.19. The molecule has 0 atom stereocenters. The molecular weight excluding hydrogens is 293 g/mol. The van der Waals surface area contributed by atoms with Crippen molar-refractivity contribution in [1.29, 1.82) is 0 Å². The second-order valence-electron chi connectivity index (χ2n) is 5.26. The zero-order valence-corrected chi connectivity index (χ0v) is 12.9. The van der Waals surface area contributed by atoms with E-state index in [1.54, 1.807) is 6.26 Å². The van der Waals surface area contributed by atoms with E-state index in [-0.39, 0.29) is 17.4 Å². The van der Waals surface area contributed by atoms with E-state index in [1.807, 2.05) is 6.07 Å². The van der Waals surface area contributed by atoms with Gasteiger partial charge in [-0.15, -0.1) is 0 Å². The molecule has 2 aromatic rings. The van der Waals surface area contributed by atoms with Gasteiger partial charge in [0.25, 0.3) is 0 Å². The fourth-order valence-electron chi connectivity index (χ4n) is 1.88. The average molecular weight is 312 g/mol. The van der Waals surface area contributed by atoms with Gasteiger partial charge in [0.15, 0.2) is 0 Å². The minimum absolute atomic E-state index is 0.251. The molecule has 1 aromatic heterocycles. The maximum Gasteiger partial charge on any atom is 0.146 e. The lowest BCUT2D eigenvalue weighted by molar-refractivity contribution is 0.268. The topological polar surface area (TPSA) is 34.4 Å². The van der Waals surface area contributed by atoms with Crippen molar-refractivity contribution in [2.45, 2.75) is 27.0 Å². The Bertz CT molecular complexity index is 583. The summed E-state index contributed by atoms with van der Waals surface area (Å²) in [5, 5.41) is 3.60. The molecular formula is C16H19ClFNO2. The van der Waals surface area contributed by atoms with Crippen molar-refractivity contribution in [3.8, 4) is 5.75 Å². The van der Waals surface area contributed by atoms with Gasteiger partial charge in [-0.05, 0) is 36.7 Å². The Morgan fingerprint density at radius 2 is 2.14 bits per heavy atom. The van der Waals surface area contributed by atoms with Gasteiger partial charge < -0.3 is 14.5 Å². The Labute approximate surface area is 129 Å². The minimum Gasteiger partial charge on any atom is -0.484 e. The van der Waals surface area contributed by atoms with E-state index in [0.29, 0.717) is 11.7 Å². The van der Waals surface area contributed by atoms with E-state index in [4.69, 9.17) is 20.8 Å². The minimum atomic E-state index is -0.385. The van der Waals surface area contributed by atoms with Crippen molar-refractivity contribution in [3.63, 3.8) is 0 Å². The van der Waals surface area contributed by atoms with Crippen LogP contribution in [0.3, 0.4) is 0 Å². The summed E-state index contributed by atoms with van der Waals surface area (Å²) in [5.74, 6) is 1.39. The quantitative estimate of drug-likeness (QED) is 0.823. The summed E-state index contributed by atoms with van der Waals surface area (Å²) in [5.41, 5.74) is 1.05. The third-order valence-corrected chi connectivity index (χ3v) is 3.25. The lowest BCUT2D eigenvalue weighted by atomic mass is 10.2. The first-order chi connectivity index (χ1) is 10.1. The van der Waals surface area contributed by atoms with Gasteiger partial charge in [-0.25, -0.2) is 4.39 Å². The zero-order valence-electron chi connectivity index (χ0n) is 12.2. The molecule has 1 heterocycles. The van der Waals surface area contributed by atoms with Crippen LogP contribution in [0, 0.1) is 11.7 Å².